The van der Waals surface area contributed by atoms with Gasteiger partial charge in [-0.25, -0.2) is 4.98 Å². The quantitative estimate of drug-likeness (QED) is 0.932. The maximum absolute atomic E-state index is 6.04. The van der Waals surface area contributed by atoms with Gasteiger partial charge in [-0.3, -0.25) is 0 Å². The molecule has 1 fully saturated rings. The van der Waals surface area contributed by atoms with E-state index >= 15 is 0 Å². The number of fused-ring (bicyclic) bond motifs is 1. The molecular formula is C16H24N4O. The van der Waals surface area contributed by atoms with Crippen LogP contribution in [0.3, 0.4) is 0 Å². The maximum atomic E-state index is 6.04. The first-order chi connectivity index (χ1) is 10.2. The standard InChI is InChI=1S/C16H24N4O/c1-12(17)10-14-16(18-15-7-3-4-9-20(14)15)19-8-5-6-13(11-19)21-2/h3-4,7,9,12-13H,5-6,8,10-11,17H2,1-2H3. The number of hydrogen-bond donors (Lipinski definition) is 1. The van der Waals surface area contributed by atoms with E-state index in [1.54, 1.807) is 7.11 Å². The third-order valence-corrected chi connectivity index (χ3v) is 4.13. The highest BCUT2D eigenvalue weighted by Gasteiger charge is 2.25. The molecule has 0 spiro atoms. The summed E-state index contributed by atoms with van der Waals surface area (Å²) in [5.74, 6) is 1.07. The van der Waals surface area contributed by atoms with Gasteiger partial charge in [0, 0.05) is 38.9 Å². The SMILES string of the molecule is COC1CCCN(c2nc3ccccn3c2CC(C)N)C1. The van der Waals surface area contributed by atoms with E-state index in [9.17, 15) is 0 Å². The van der Waals surface area contributed by atoms with Gasteiger partial charge in [-0.15, -0.1) is 0 Å². The highest BCUT2D eigenvalue weighted by molar-refractivity contribution is 5.56. The van der Waals surface area contributed by atoms with Crippen molar-refractivity contribution in [2.24, 2.45) is 5.73 Å². The number of methoxy groups -OCH3 is 1. The van der Waals surface area contributed by atoms with Crippen LogP contribution in [0.25, 0.3) is 5.65 Å². The highest BCUT2D eigenvalue weighted by Crippen LogP contribution is 2.26. The number of rotatable bonds is 4. The van der Waals surface area contributed by atoms with Gasteiger partial charge in [0.05, 0.1) is 11.8 Å². The van der Waals surface area contributed by atoms with Gasteiger partial charge in [-0.1, -0.05) is 6.07 Å². The summed E-state index contributed by atoms with van der Waals surface area (Å²) >= 11 is 0. The smallest absolute Gasteiger partial charge is 0.151 e. The fraction of sp³-hybridized carbons (Fsp3) is 0.562. The molecule has 1 aliphatic heterocycles. The van der Waals surface area contributed by atoms with Gasteiger partial charge in [0.2, 0.25) is 0 Å². The first-order valence-corrected chi connectivity index (χ1v) is 7.68. The van der Waals surface area contributed by atoms with E-state index in [1.165, 1.54) is 5.69 Å². The minimum Gasteiger partial charge on any atom is -0.380 e. The van der Waals surface area contributed by atoms with Crippen molar-refractivity contribution in [3.8, 4) is 0 Å². The molecule has 114 valence electrons. The van der Waals surface area contributed by atoms with Gasteiger partial charge in [0.25, 0.3) is 0 Å². The second-order valence-corrected chi connectivity index (χ2v) is 5.94. The van der Waals surface area contributed by atoms with E-state index in [-0.39, 0.29) is 6.04 Å². The Kier molecular flexibility index (Phi) is 4.12. The third-order valence-electron chi connectivity index (χ3n) is 4.13. The number of hydrogen-bond acceptors (Lipinski definition) is 4. The van der Waals surface area contributed by atoms with Crippen molar-refractivity contribution < 1.29 is 4.74 Å². The van der Waals surface area contributed by atoms with E-state index in [1.807, 2.05) is 25.1 Å². The lowest BCUT2D eigenvalue weighted by Crippen LogP contribution is -2.40. The Morgan fingerprint density at radius 3 is 3.10 bits per heavy atom. The summed E-state index contributed by atoms with van der Waals surface area (Å²) < 4.78 is 7.70. The lowest BCUT2D eigenvalue weighted by molar-refractivity contribution is 0.0891. The summed E-state index contributed by atoms with van der Waals surface area (Å²) in [6.45, 7) is 3.99. The summed E-state index contributed by atoms with van der Waals surface area (Å²) in [4.78, 5) is 7.19. The topological polar surface area (TPSA) is 55.8 Å². The number of pyridine rings is 1. The summed E-state index contributed by atoms with van der Waals surface area (Å²) in [6.07, 6.45) is 5.47. The summed E-state index contributed by atoms with van der Waals surface area (Å²) in [6, 6.07) is 6.23. The van der Waals surface area contributed by atoms with Crippen LogP contribution < -0.4 is 10.6 Å². The second kappa shape index (κ2) is 6.03. The molecule has 21 heavy (non-hydrogen) atoms. The molecule has 0 aromatic carbocycles. The van der Waals surface area contributed by atoms with Crippen LogP contribution in [0.5, 0.6) is 0 Å². The first kappa shape index (κ1) is 14.4. The van der Waals surface area contributed by atoms with Crippen LogP contribution in [0.2, 0.25) is 0 Å². The van der Waals surface area contributed by atoms with Crippen LogP contribution in [0.1, 0.15) is 25.5 Å². The fourth-order valence-corrected chi connectivity index (χ4v) is 3.10. The van der Waals surface area contributed by atoms with Crippen molar-refractivity contribution in [2.75, 3.05) is 25.1 Å². The predicted octanol–water partition coefficient (Wildman–Crippen LogP) is 1.84. The minimum atomic E-state index is 0.117. The van der Waals surface area contributed by atoms with Gasteiger partial charge in [-0.2, -0.15) is 0 Å². The van der Waals surface area contributed by atoms with Crippen molar-refractivity contribution in [1.29, 1.82) is 0 Å². The molecule has 0 saturated carbocycles. The number of aromatic nitrogens is 2. The zero-order valence-corrected chi connectivity index (χ0v) is 12.8. The first-order valence-electron chi connectivity index (χ1n) is 7.68. The lowest BCUT2D eigenvalue weighted by atomic mass is 10.1. The van der Waals surface area contributed by atoms with Crippen LogP contribution in [-0.4, -0.2) is 41.7 Å². The van der Waals surface area contributed by atoms with Crippen LogP contribution >= 0.6 is 0 Å². The lowest BCUT2D eigenvalue weighted by Gasteiger charge is -2.32. The zero-order valence-electron chi connectivity index (χ0n) is 12.8. The Balaban J connectivity index is 2.00. The van der Waals surface area contributed by atoms with E-state index in [2.05, 4.69) is 15.5 Å². The summed E-state index contributed by atoms with van der Waals surface area (Å²) in [5.41, 5.74) is 8.24. The monoisotopic (exact) mass is 288 g/mol. The van der Waals surface area contributed by atoms with Crippen molar-refractivity contribution in [1.82, 2.24) is 9.38 Å². The molecule has 2 atom stereocenters. The van der Waals surface area contributed by atoms with Crippen molar-refractivity contribution >= 4 is 11.5 Å². The molecule has 0 amide bonds. The van der Waals surface area contributed by atoms with Crippen LogP contribution in [-0.2, 0) is 11.2 Å². The molecular weight excluding hydrogens is 264 g/mol. The predicted molar refractivity (Wildman–Crippen MR) is 84.8 cm³/mol. The Hall–Kier alpha value is -1.59. The number of anilines is 1. The molecule has 1 saturated heterocycles. The van der Waals surface area contributed by atoms with Gasteiger partial charge < -0.3 is 19.8 Å². The zero-order chi connectivity index (χ0) is 14.8. The molecule has 0 aliphatic carbocycles. The number of piperidine rings is 1. The number of imidazole rings is 1. The van der Waals surface area contributed by atoms with Crippen molar-refractivity contribution in [3.05, 3.63) is 30.1 Å². The Morgan fingerprint density at radius 2 is 2.33 bits per heavy atom. The molecule has 2 unspecified atom stereocenters. The van der Waals surface area contributed by atoms with Crippen LogP contribution in [0.15, 0.2) is 24.4 Å². The van der Waals surface area contributed by atoms with Crippen LogP contribution in [0, 0.1) is 0 Å². The molecule has 3 heterocycles. The Labute approximate surface area is 125 Å². The Morgan fingerprint density at radius 1 is 1.48 bits per heavy atom. The van der Waals surface area contributed by atoms with Crippen LogP contribution in [0.4, 0.5) is 5.82 Å². The van der Waals surface area contributed by atoms with Crippen molar-refractivity contribution in [3.63, 3.8) is 0 Å². The van der Waals surface area contributed by atoms with Gasteiger partial charge in [-0.05, 0) is 31.9 Å². The number of nitrogens with zero attached hydrogens (tertiary/aromatic N) is 3. The molecule has 2 N–H and O–H groups in total. The van der Waals surface area contributed by atoms with E-state index in [0.29, 0.717) is 6.10 Å². The summed E-state index contributed by atoms with van der Waals surface area (Å²) in [5, 5.41) is 0. The van der Waals surface area contributed by atoms with E-state index in [4.69, 9.17) is 15.5 Å². The summed E-state index contributed by atoms with van der Waals surface area (Å²) in [7, 11) is 1.79. The molecule has 2 aromatic rings. The van der Waals surface area contributed by atoms with Crippen molar-refractivity contribution in [2.45, 2.75) is 38.3 Å². The largest absolute Gasteiger partial charge is 0.380 e. The highest BCUT2D eigenvalue weighted by atomic mass is 16.5. The molecule has 5 heteroatoms. The Bertz CT molecular complexity index is 607. The third kappa shape index (κ3) is 2.89. The number of nitrogens with two attached hydrogens (primary N) is 1. The fourth-order valence-electron chi connectivity index (χ4n) is 3.10. The number of ether oxygens (including phenoxy) is 1. The van der Waals surface area contributed by atoms with Gasteiger partial charge in [0.1, 0.15) is 5.65 Å². The molecule has 0 bridgehead atoms. The maximum Gasteiger partial charge on any atom is 0.151 e. The van der Waals surface area contributed by atoms with E-state index < -0.39 is 0 Å². The molecule has 5 nitrogen and oxygen atoms in total. The molecule has 1 aliphatic rings. The van der Waals surface area contributed by atoms with Gasteiger partial charge in [0.15, 0.2) is 5.82 Å². The van der Waals surface area contributed by atoms with Gasteiger partial charge >= 0.3 is 0 Å². The van der Waals surface area contributed by atoms with E-state index in [0.717, 1.165) is 43.8 Å². The average molecular weight is 288 g/mol. The minimum absolute atomic E-state index is 0.117. The normalized spacial score (nSPS) is 20.9. The molecule has 2 aromatic heterocycles. The molecule has 3 rings (SSSR count). The second-order valence-electron chi connectivity index (χ2n) is 5.94. The average Bonchev–Trinajstić information content (AvgIpc) is 2.86. The molecule has 0 radical (unpaired) electrons.